The molecule has 2 heterocycles. The summed E-state index contributed by atoms with van der Waals surface area (Å²) >= 11 is 0. The number of ether oxygens (including phenoxy) is 2. The van der Waals surface area contributed by atoms with Crippen LogP contribution >= 0.6 is 0 Å². The fourth-order valence-corrected chi connectivity index (χ4v) is 6.79. The van der Waals surface area contributed by atoms with Crippen LogP contribution in [0, 0.1) is 13.8 Å². The minimum absolute atomic E-state index is 0.512. The van der Waals surface area contributed by atoms with Crippen LogP contribution in [0.5, 0.6) is 11.5 Å². The lowest BCUT2D eigenvalue weighted by Gasteiger charge is -2.42. The van der Waals surface area contributed by atoms with E-state index in [0.717, 1.165) is 30.9 Å². The van der Waals surface area contributed by atoms with Crippen LogP contribution in [-0.2, 0) is 6.54 Å². The molecule has 2 aliphatic carbocycles. The summed E-state index contributed by atoms with van der Waals surface area (Å²) in [6.45, 7) is 5.31. The molecule has 2 aromatic heterocycles. The second kappa shape index (κ2) is 9.65. The predicted octanol–water partition coefficient (Wildman–Crippen LogP) is 6.33. The lowest BCUT2D eigenvalue weighted by atomic mass is 9.85. The predicted molar refractivity (Wildman–Crippen MR) is 156 cm³/mol. The minimum Gasteiger partial charge on any atom is -0.497 e. The van der Waals surface area contributed by atoms with E-state index in [-0.39, 0.29) is 0 Å². The Morgan fingerprint density at radius 1 is 0.842 bits per heavy atom. The molecule has 0 aliphatic heterocycles. The summed E-state index contributed by atoms with van der Waals surface area (Å²) in [7, 11) is 10.2. The molecule has 2 saturated carbocycles. The maximum Gasteiger partial charge on any atom is 0.143 e. The van der Waals surface area contributed by atoms with Crippen LogP contribution in [0.2, 0.25) is 0 Å². The normalized spacial score (nSPS) is 23.3. The van der Waals surface area contributed by atoms with E-state index < -0.39 is 0 Å². The molecule has 0 spiro atoms. The monoisotopic (exact) mass is 514 g/mol. The molecule has 0 atom stereocenters. The van der Waals surface area contributed by atoms with Gasteiger partial charge in [-0.05, 0) is 108 Å². The van der Waals surface area contributed by atoms with Crippen LogP contribution in [0.25, 0.3) is 21.8 Å². The average molecular weight is 515 g/mol. The zero-order chi connectivity index (χ0) is 26.7. The van der Waals surface area contributed by atoms with Gasteiger partial charge >= 0.3 is 0 Å². The quantitative estimate of drug-likeness (QED) is 0.275. The molecule has 0 N–H and O–H groups in total. The lowest BCUT2D eigenvalue weighted by Crippen LogP contribution is -2.42. The highest BCUT2D eigenvalue weighted by atomic mass is 16.5. The van der Waals surface area contributed by atoms with Gasteiger partial charge in [-0.2, -0.15) is 0 Å². The number of methoxy groups -OCH3 is 2. The molecular formula is C32H42N4O2. The van der Waals surface area contributed by atoms with Gasteiger partial charge in [0.15, 0.2) is 0 Å². The van der Waals surface area contributed by atoms with Crippen molar-refractivity contribution in [3.8, 4) is 11.5 Å². The fraction of sp³-hybridized carbons (Fsp3) is 0.500. The van der Waals surface area contributed by atoms with Gasteiger partial charge in [0.05, 0.1) is 25.3 Å². The third kappa shape index (κ3) is 4.18. The zero-order valence-corrected chi connectivity index (χ0v) is 24.0. The second-order valence-electron chi connectivity index (χ2n) is 12.0. The molecule has 2 fully saturated rings. The molecule has 0 unspecified atom stereocenters. The molecule has 0 amide bonds. The first-order valence-corrected chi connectivity index (χ1v) is 14.0. The minimum atomic E-state index is 0.512. The van der Waals surface area contributed by atoms with Crippen molar-refractivity contribution in [3.63, 3.8) is 0 Å². The van der Waals surface area contributed by atoms with Gasteiger partial charge in [-0.15, -0.1) is 0 Å². The summed E-state index contributed by atoms with van der Waals surface area (Å²) in [5.74, 6) is 1.93. The van der Waals surface area contributed by atoms with Crippen LogP contribution in [0.1, 0.15) is 54.5 Å². The largest absolute Gasteiger partial charge is 0.497 e. The van der Waals surface area contributed by atoms with E-state index in [1.165, 1.54) is 51.3 Å². The molecular weight excluding hydrogens is 472 g/mol. The number of hydrogen-bond acceptors (Lipinski definition) is 4. The highest BCUT2D eigenvalue weighted by molar-refractivity contribution is 5.89. The molecule has 4 aromatic rings. The Hall–Kier alpha value is -2.96. The van der Waals surface area contributed by atoms with Crippen LogP contribution < -0.4 is 9.47 Å². The van der Waals surface area contributed by atoms with Gasteiger partial charge < -0.3 is 23.5 Å². The van der Waals surface area contributed by atoms with Gasteiger partial charge in [0, 0.05) is 53.9 Å². The molecule has 38 heavy (non-hydrogen) atoms. The van der Waals surface area contributed by atoms with Crippen LogP contribution in [0.4, 0.5) is 0 Å². The third-order valence-electron chi connectivity index (χ3n) is 9.29. The van der Waals surface area contributed by atoms with Crippen molar-refractivity contribution in [2.45, 2.75) is 70.2 Å². The topological polar surface area (TPSA) is 34.8 Å². The Labute approximate surface area is 226 Å². The van der Waals surface area contributed by atoms with Gasteiger partial charge in [0.25, 0.3) is 0 Å². The Morgan fingerprint density at radius 3 is 2.24 bits per heavy atom. The number of rotatable bonds is 8. The van der Waals surface area contributed by atoms with E-state index in [4.69, 9.17) is 9.47 Å². The van der Waals surface area contributed by atoms with Crippen molar-refractivity contribution in [1.82, 2.24) is 18.9 Å². The van der Waals surface area contributed by atoms with Gasteiger partial charge in [0.2, 0.25) is 0 Å². The van der Waals surface area contributed by atoms with Crippen molar-refractivity contribution in [1.29, 1.82) is 0 Å². The molecule has 6 nitrogen and oxygen atoms in total. The van der Waals surface area contributed by atoms with Crippen molar-refractivity contribution in [2.24, 2.45) is 0 Å². The Kier molecular flexibility index (Phi) is 6.43. The first-order valence-electron chi connectivity index (χ1n) is 14.0. The Morgan fingerprint density at radius 2 is 1.55 bits per heavy atom. The molecule has 6 rings (SSSR count). The molecule has 2 aliphatic rings. The zero-order valence-electron chi connectivity index (χ0n) is 24.0. The molecule has 6 heteroatoms. The first kappa shape index (κ1) is 25.3. The maximum absolute atomic E-state index is 5.76. The van der Waals surface area contributed by atoms with E-state index in [2.05, 4.69) is 96.7 Å². The number of aromatic nitrogens is 2. The van der Waals surface area contributed by atoms with Crippen molar-refractivity contribution in [2.75, 3.05) is 35.4 Å². The summed E-state index contributed by atoms with van der Waals surface area (Å²) < 4.78 is 16.4. The van der Waals surface area contributed by atoms with Crippen molar-refractivity contribution >= 4 is 21.8 Å². The third-order valence-corrected chi connectivity index (χ3v) is 9.29. The maximum atomic E-state index is 5.76. The Bertz CT molecular complexity index is 1470. The van der Waals surface area contributed by atoms with E-state index in [1.807, 2.05) is 0 Å². The van der Waals surface area contributed by atoms with Crippen LogP contribution in [-0.4, -0.2) is 66.4 Å². The van der Waals surface area contributed by atoms with E-state index in [0.29, 0.717) is 24.2 Å². The smallest absolute Gasteiger partial charge is 0.143 e. The van der Waals surface area contributed by atoms with E-state index in [1.54, 1.807) is 14.2 Å². The summed E-state index contributed by atoms with van der Waals surface area (Å²) in [5.41, 5.74) is 6.55. The summed E-state index contributed by atoms with van der Waals surface area (Å²) in [6, 6.07) is 13.4. The fourth-order valence-electron chi connectivity index (χ4n) is 6.79. The van der Waals surface area contributed by atoms with Gasteiger partial charge in [-0.3, -0.25) is 4.90 Å². The molecule has 2 aromatic carbocycles. The number of fused-ring (bicyclic) bond motifs is 2. The number of aryl methyl sites for hydroxylation is 2. The molecule has 0 radical (unpaired) electrons. The van der Waals surface area contributed by atoms with Crippen molar-refractivity contribution < 1.29 is 9.47 Å². The standard InChI is InChI=1S/C32H42N4O2/c1-20-10-22-8-9-35(32(22)30(11-20)38-7)26-15-25(16-26)34(5)18-23-19-36(27-13-24(14-27)33(3)4)31-21(2)12-28(37-6)17-29(23)31/h8-12,17,19,24-27H,13-16,18H2,1-7H3. The molecule has 202 valence electrons. The molecule has 0 bridgehead atoms. The second-order valence-corrected chi connectivity index (χ2v) is 12.0. The van der Waals surface area contributed by atoms with Crippen LogP contribution in [0.3, 0.4) is 0 Å². The summed E-state index contributed by atoms with van der Waals surface area (Å²) in [4.78, 5) is 4.92. The SMILES string of the molecule is COc1cc(C)c2c(c1)c(CN(C)C1CC(n3ccc4cc(C)cc(OC)c43)C1)cn2C1CC(N(C)C)C1. The first-order chi connectivity index (χ1) is 18.3. The van der Waals surface area contributed by atoms with E-state index >= 15 is 0 Å². The van der Waals surface area contributed by atoms with Crippen LogP contribution in [0.15, 0.2) is 42.7 Å². The highest BCUT2D eigenvalue weighted by Crippen LogP contribution is 2.43. The Balaban J connectivity index is 1.22. The number of hydrogen-bond donors (Lipinski definition) is 0. The highest BCUT2D eigenvalue weighted by Gasteiger charge is 2.36. The number of benzene rings is 2. The van der Waals surface area contributed by atoms with Gasteiger partial charge in [-0.1, -0.05) is 0 Å². The average Bonchev–Trinajstić information content (AvgIpc) is 3.38. The molecule has 0 saturated heterocycles. The lowest BCUT2D eigenvalue weighted by molar-refractivity contribution is 0.102. The summed E-state index contributed by atoms with van der Waals surface area (Å²) in [5, 5.41) is 2.61. The van der Waals surface area contributed by atoms with Gasteiger partial charge in [0.1, 0.15) is 11.5 Å². The van der Waals surface area contributed by atoms with Crippen molar-refractivity contribution in [3.05, 3.63) is 59.4 Å². The summed E-state index contributed by atoms with van der Waals surface area (Å²) in [6.07, 6.45) is 9.44. The van der Waals surface area contributed by atoms with E-state index in [9.17, 15) is 0 Å². The number of nitrogens with zero attached hydrogens (tertiary/aromatic N) is 4. The van der Waals surface area contributed by atoms with Gasteiger partial charge in [-0.25, -0.2) is 0 Å².